The van der Waals surface area contributed by atoms with E-state index in [1.54, 1.807) is 0 Å². The van der Waals surface area contributed by atoms with Crippen LogP contribution in [0.25, 0.3) is 65.1 Å². The van der Waals surface area contributed by atoms with Gasteiger partial charge in [-0.05, 0) is 117 Å². The molecule has 18 rings (SSSR count). The van der Waals surface area contributed by atoms with Crippen LogP contribution in [-0.2, 0) is 0 Å². The standard InChI is InChI=1S/C68H41B2N5OS/c1-3-19-41(20-4-1)72-59-33-17-12-28-50(59)69-52-39-51-53(40-62(52)76-63-38-44(37-61(72)67(63)69)74-57-31-15-9-25-47(57)48-26-10-16-32-58(48)74)71-54-35-43(73-55-29-13-7-23-45(55)46-24-8-14-30-56(46)73)36-60-66(54)70(51)65-49-27-11-18-34-64(49)77-68(65)75(60)42-21-5-2-6-22-42/h1-40,71H. The molecule has 4 aliphatic rings. The normalized spacial score (nSPS) is 13.6. The van der Waals surface area contributed by atoms with Crippen LogP contribution in [0.1, 0.15) is 0 Å². The maximum Gasteiger partial charge on any atom is 0.256 e. The van der Waals surface area contributed by atoms with E-state index in [0.29, 0.717) is 0 Å². The number of fused-ring (bicyclic) bond motifs is 16. The molecule has 0 atom stereocenters. The summed E-state index contributed by atoms with van der Waals surface area (Å²) in [5, 5.41) is 11.6. The fraction of sp³-hybridized carbons (Fsp3) is 0. The number of hydrogen-bond donors (Lipinski definition) is 1. The molecule has 0 amide bonds. The Morgan fingerprint density at radius 3 is 1.49 bits per heavy atom. The zero-order chi connectivity index (χ0) is 50.0. The van der Waals surface area contributed by atoms with Crippen molar-refractivity contribution in [2.45, 2.75) is 0 Å². The molecule has 4 aliphatic heterocycles. The molecule has 77 heavy (non-hydrogen) atoms. The summed E-state index contributed by atoms with van der Waals surface area (Å²) in [7, 11) is 0. The molecule has 356 valence electrons. The number of benzene rings is 11. The summed E-state index contributed by atoms with van der Waals surface area (Å²) in [5.74, 6) is 1.73. The van der Waals surface area contributed by atoms with Crippen LogP contribution in [-0.4, -0.2) is 22.6 Å². The van der Waals surface area contributed by atoms with Crippen LogP contribution in [0.2, 0.25) is 0 Å². The highest BCUT2D eigenvalue weighted by Crippen LogP contribution is 2.48. The van der Waals surface area contributed by atoms with Gasteiger partial charge in [-0.3, -0.25) is 0 Å². The Balaban J connectivity index is 0.910. The zero-order valence-corrected chi connectivity index (χ0v) is 42.2. The highest BCUT2D eigenvalue weighted by atomic mass is 32.1. The molecule has 0 bridgehead atoms. The summed E-state index contributed by atoms with van der Waals surface area (Å²) >= 11 is 1.89. The lowest BCUT2D eigenvalue weighted by Crippen LogP contribution is -2.63. The minimum atomic E-state index is -0.112. The van der Waals surface area contributed by atoms with Crippen LogP contribution in [0.5, 0.6) is 11.5 Å². The molecular formula is C68H41B2N5OS. The van der Waals surface area contributed by atoms with Gasteiger partial charge in [-0.1, -0.05) is 152 Å². The van der Waals surface area contributed by atoms with Crippen molar-refractivity contribution < 1.29 is 4.74 Å². The minimum absolute atomic E-state index is 0.0851. The van der Waals surface area contributed by atoms with Crippen LogP contribution in [0, 0.1) is 0 Å². The van der Waals surface area contributed by atoms with Crippen molar-refractivity contribution in [1.29, 1.82) is 0 Å². The Hall–Kier alpha value is -9.69. The second-order valence-electron chi connectivity index (χ2n) is 20.8. The van der Waals surface area contributed by atoms with Gasteiger partial charge >= 0.3 is 0 Å². The number of anilines is 8. The van der Waals surface area contributed by atoms with Gasteiger partial charge in [0.1, 0.15) is 11.5 Å². The van der Waals surface area contributed by atoms with Crippen molar-refractivity contribution in [1.82, 2.24) is 9.13 Å². The first-order valence-electron chi connectivity index (χ1n) is 26.5. The van der Waals surface area contributed by atoms with Crippen molar-refractivity contribution >= 4 is 156 Å². The van der Waals surface area contributed by atoms with E-state index in [2.05, 4.69) is 267 Å². The van der Waals surface area contributed by atoms with Gasteiger partial charge < -0.3 is 29.0 Å². The number of hydrogen-bond acceptors (Lipinski definition) is 5. The van der Waals surface area contributed by atoms with E-state index in [-0.39, 0.29) is 13.4 Å². The number of nitrogens with zero attached hydrogens (tertiary/aromatic N) is 4. The lowest BCUT2D eigenvalue weighted by Gasteiger charge is -2.42. The third-order valence-electron chi connectivity index (χ3n) is 16.9. The van der Waals surface area contributed by atoms with E-state index in [4.69, 9.17) is 4.74 Å². The van der Waals surface area contributed by atoms with Gasteiger partial charge in [-0.25, -0.2) is 0 Å². The Kier molecular flexibility index (Phi) is 8.35. The summed E-state index contributed by atoms with van der Waals surface area (Å²) in [6.07, 6.45) is 0. The third kappa shape index (κ3) is 5.65. The van der Waals surface area contributed by atoms with Gasteiger partial charge in [0.25, 0.3) is 13.4 Å². The molecule has 0 unspecified atom stereocenters. The second-order valence-corrected chi connectivity index (χ2v) is 21.9. The molecule has 0 aliphatic carbocycles. The molecule has 9 heteroatoms. The monoisotopic (exact) mass is 997 g/mol. The van der Waals surface area contributed by atoms with Crippen molar-refractivity contribution in [3.05, 3.63) is 243 Å². The number of thiophene rings is 1. The Labute approximate surface area is 448 Å². The first-order chi connectivity index (χ1) is 38.2. The van der Waals surface area contributed by atoms with Crippen molar-refractivity contribution in [3.63, 3.8) is 0 Å². The van der Waals surface area contributed by atoms with Crippen molar-refractivity contribution in [2.75, 3.05) is 15.1 Å². The fourth-order valence-corrected chi connectivity index (χ4v) is 15.1. The maximum atomic E-state index is 7.54. The Morgan fingerprint density at radius 1 is 0.338 bits per heavy atom. The first kappa shape index (κ1) is 41.6. The van der Waals surface area contributed by atoms with Crippen LogP contribution in [0.4, 0.5) is 44.8 Å². The maximum absolute atomic E-state index is 7.54. The fourth-order valence-electron chi connectivity index (χ4n) is 13.9. The predicted octanol–water partition coefficient (Wildman–Crippen LogP) is 13.9. The molecule has 0 saturated carbocycles. The number of para-hydroxylation sites is 7. The lowest BCUT2D eigenvalue weighted by molar-refractivity contribution is 0.487. The molecule has 14 aromatic rings. The summed E-state index contributed by atoms with van der Waals surface area (Å²) in [6.45, 7) is -0.197. The summed E-state index contributed by atoms with van der Waals surface area (Å²) < 4.78 is 13.7. The van der Waals surface area contributed by atoms with Crippen LogP contribution in [0.3, 0.4) is 0 Å². The first-order valence-corrected chi connectivity index (χ1v) is 27.3. The van der Waals surface area contributed by atoms with Crippen LogP contribution in [0.15, 0.2) is 243 Å². The number of ether oxygens (including phenoxy) is 1. The van der Waals surface area contributed by atoms with Gasteiger partial charge in [0.2, 0.25) is 0 Å². The minimum Gasteiger partial charge on any atom is -0.458 e. The number of aromatic nitrogens is 2. The molecular weight excluding hydrogens is 956 g/mol. The molecule has 0 spiro atoms. The molecule has 0 saturated heterocycles. The Bertz CT molecular complexity index is 4760. The molecule has 0 fully saturated rings. The average molecular weight is 998 g/mol. The predicted molar refractivity (Wildman–Crippen MR) is 325 cm³/mol. The van der Waals surface area contributed by atoms with Crippen molar-refractivity contribution in [2.24, 2.45) is 0 Å². The third-order valence-corrected chi connectivity index (χ3v) is 18.1. The van der Waals surface area contributed by atoms with E-state index < -0.39 is 0 Å². The molecule has 7 heterocycles. The van der Waals surface area contributed by atoms with E-state index in [9.17, 15) is 0 Å². The van der Waals surface area contributed by atoms with E-state index >= 15 is 0 Å². The highest BCUT2D eigenvalue weighted by molar-refractivity contribution is 7.26. The topological polar surface area (TPSA) is 37.6 Å². The van der Waals surface area contributed by atoms with Gasteiger partial charge in [-0.15, -0.1) is 11.3 Å². The van der Waals surface area contributed by atoms with Gasteiger partial charge in [0, 0.05) is 78.2 Å². The molecule has 6 nitrogen and oxygen atoms in total. The number of rotatable bonds is 4. The summed E-state index contributed by atoms with van der Waals surface area (Å²) in [4.78, 5) is 4.99. The van der Waals surface area contributed by atoms with Gasteiger partial charge in [0.05, 0.1) is 38.4 Å². The molecule has 11 aromatic carbocycles. The van der Waals surface area contributed by atoms with E-state index in [1.807, 2.05) is 11.3 Å². The largest absolute Gasteiger partial charge is 0.458 e. The zero-order valence-electron chi connectivity index (χ0n) is 41.4. The van der Waals surface area contributed by atoms with Gasteiger partial charge in [0.15, 0.2) is 0 Å². The molecule has 1 N–H and O–H groups in total. The van der Waals surface area contributed by atoms with Crippen LogP contribution < -0.4 is 52.6 Å². The quantitative estimate of drug-likeness (QED) is 0.178. The van der Waals surface area contributed by atoms with Crippen molar-refractivity contribution in [3.8, 4) is 22.9 Å². The van der Waals surface area contributed by atoms with E-state index in [1.165, 1.54) is 86.1 Å². The molecule has 0 radical (unpaired) electrons. The summed E-state index contributed by atoms with van der Waals surface area (Å²) in [5.41, 5.74) is 22.1. The summed E-state index contributed by atoms with van der Waals surface area (Å²) in [6, 6.07) is 89.4. The smallest absolute Gasteiger partial charge is 0.256 e. The SMILES string of the molecule is c1ccc(N2c3ccccc3B3c4cc5c(cc4Oc4cc(-n6c7ccccc7c7ccccc76)cc2c43)Nc2cc(-n3c4ccccc4c4ccccc43)cc3c2B5c2c(sc4ccccc24)N3c2ccccc2)cc1. The number of nitrogens with one attached hydrogen (secondary N) is 1. The average Bonchev–Trinajstić information content (AvgIpc) is 4.33. The highest BCUT2D eigenvalue weighted by Gasteiger charge is 2.47. The van der Waals surface area contributed by atoms with E-state index in [0.717, 1.165) is 68.0 Å². The Morgan fingerprint density at radius 2 is 0.857 bits per heavy atom. The molecule has 3 aromatic heterocycles. The van der Waals surface area contributed by atoms with Crippen LogP contribution >= 0.6 is 11.3 Å². The van der Waals surface area contributed by atoms with Gasteiger partial charge in [-0.2, -0.15) is 0 Å². The lowest BCUT2D eigenvalue weighted by atomic mass is 9.30. The second kappa shape index (κ2) is 15.4.